The van der Waals surface area contributed by atoms with E-state index in [1.54, 1.807) is 13.8 Å². The van der Waals surface area contributed by atoms with Crippen LogP contribution in [0.4, 0.5) is 26.3 Å². The molecule has 0 radical (unpaired) electrons. The fourth-order valence-corrected chi connectivity index (χ4v) is 8.06. The minimum Gasteiger partial charge on any atom is -0.490 e. The zero-order valence-electron chi connectivity index (χ0n) is 30.5. The summed E-state index contributed by atoms with van der Waals surface area (Å²) < 4.78 is 124. The van der Waals surface area contributed by atoms with Crippen LogP contribution in [-0.2, 0) is 27.3 Å². The molecule has 1 amide bonds. The molecule has 0 saturated carbocycles. The first-order chi connectivity index (χ1) is 25.9. The fraction of sp³-hybridized carbons (Fsp3) is 0.436. The van der Waals surface area contributed by atoms with Crippen LogP contribution >= 0.6 is 0 Å². The molecule has 2 aliphatic heterocycles. The lowest BCUT2D eigenvalue weighted by Gasteiger charge is -2.40. The van der Waals surface area contributed by atoms with Crippen molar-refractivity contribution in [3.63, 3.8) is 0 Å². The number of halogens is 6. The number of ether oxygens (including phenoxy) is 2. The number of alkyl halides is 6. The van der Waals surface area contributed by atoms with E-state index in [9.17, 15) is 39.6 Å². The molecule has 0 aliphatic carbocycles. The number of benzene rings is 3. The Morgan fingerprint density at radius 3 is 2.22 bits per heavy atom. The molecule has 2 fully saturated rings. The summed E-state index contributed by atoms with van der Waals surface area (Å²) in [5.74, 6) is -1.34. The molecule has 2 saturated heterocycles. The molecular weight excluding hydrogens is 751 g/mol. The van der Waals surface area contributed by atoms with E-state index >= 15 is 0 Å². The molecule has 0 bridgehead atoms. The molecule has 296 valence electrons. The number of carbonyl (C=O) groups excluding carboxylic acids is 1. The van der Waals surface area contributed by atoms with Gasteiger partial charge in [-0.15, -0.1) is 0 Å². The number of amides is 1. The lowest BCUT2D eigenvalue weighted by Crippen LogP contribution is -2.48. The molecule has 6 rings (SSSR count). The van der Waals surface area contributed by atoms with Crippen LogP contribution in [0.1, 0.15) is 59.8 Å². The van der Waals surface area contributed by atoms with Gasteiger partial charge in [0.15, 0.2) is 15.9 Å². The van der Waals surface area contributed by atoms with Crippen molar-refractivity contribution in [2.45, 2.75) is 68.7 Å². The van der Waals surface area contributed by atoms with Crippen molar-refractivity contribution in [2.24, 2.45) is 0 Å². The van der Waals surface area contributed by atoms with Gasteiger partial charge in [-0.2, -0.15) is 26.3 Å². The van der Waals surface area contributed by atoms with Crippen molar-refractivity contribution < 1.29 is 49.0 Å². The predicted octanol–water partition coefficient (Wildman–Crippen LogP) is 7.44. The number of pyridine rings is 1. The number of piperidine rings is 1. The van der Waals surface area contributed by atoms with E-state index in [2.05, 4.69) is 10.2 Å². The van der Waals surface area contributed by atoms with Crippen molar-refractivity contribution in [1.29, 1.82) is 0 Å². The summed E-state index contributed by atoms with van der Waals surface area (Å²) in [4.78, 5) is 23.4. The second kappa shape index (κ2) is 16.1. The van der Waals surface area contributed by atoms with E-state index in [4.69, 9.17) is 14.5 Å². The highest BCUT2D eigenvalue weighted by atomic mass is 32.2. The Bertz CT molecular complexity index is 2120. The largest absolute Gasteiger partial charge is 0.490 e. The maximum absolute atomic E-state index is 14.7. The van der Waals surface area contributed by atoms with Crippen LogP contribution in [0, 0.1) is 0 Å². The number of morpholine rings is 1. The molecule has 1 aromatic heterocycles. The number of nitrogens with one attached hydrogen (secondary N) is 1. The summed E-state index contributed by atoms with van der Waals surface area (Å²) in [5.41, 5.74) is -1.68. The summed E-state index contributed by atoms with van der Waals surface area (Å²) in [5, 5.41) is 2.04. The van der Waals surface area contributed by atoms with Gasteiger partial charge in [-0.05, 0) is 63.5 Å². The quantitative estimate of drug-likeness (QED) is 0.166. The van der Waals surface area contributed by atoms with E-state index < -0.39 is 45.8 Å². The molecule has 1 N–H and O–H groups in total. The van der Waals surface area contributed by atoms with Gasteiger partial charge in [-0.1, -0.05) is 42.5 Å². The number of hydrogen-bond donors (Lipinski definition) is 1. The Balaban J connectivity index is 1.58. The molecule has 55 heavy (non-hydrogen) atoms. The van der Waals surface area contributed by atoms with Crippen molar-refractivity contribution in [1.82, 2.24) is 20.1 Å². The summed E-state index contributed by atoms with van der Waals surface area (Å²) in [6.45, 7) is 7.03. The zero-order valence-corrected chi connectivity index (χ0v) is 31.3. The van der Waals surface area contributed by atoms with Gasteiger partial charge in [0.25, 0.3) is 5.91 Å². The molecule has 0 spiro atoms. The van der Waals surface area contributed by atoms with Crippen LogP contribution in [0.2, 0.25) is 0 Å². The van der Waals surface area contributed by atoms with Gasteiger partial charge < -0.3 is 14.8 Å². The van der Waals surface area contributed by atoms with E-state index in [1.807, 2.05) is 4.90 Å². The van der Waals surface area contributed by atoms with Gasteiger partial charge in [0.05, 0.1) is 41.7 Å². The second-order valence-electron chi connectivity index (χ2n) is 14.2. The van der Waals surface area contributed by atoms with Crippen LogP contribution in [0.25, 0.3) is 22.2 Å². The SMILES string of the molecule is CC(C)Oc1cc2nc(-c3cccc(C(F)(F)F)c3)c(CN3CCC(N4CCOCC4)CC3)c(C(=O)NC(c3ccccc3)C(F)(F)F)c2cc1S(C)(=O)=O. The highest BCUT2D eigenvalue weighted by Crippen LogP contribution is 2.40. The number of rotatable bonds is 10. The summed E-state index contributed by atoms with van der Waals surface area (Å²) in [7, 11) is -4.06. The van der Waals surface area contributed by atoms with Gasteiger partial charge in [0, 0.05) is 54.5 Å². The van der Waals surface area contributed by atoms with Crippen molar-refractivity contribution in [3.8, 4) is 17.0 Å². The van der Waals surface area contributed by atoms with E-state index in [0.29, 0.717) is 26.3 Å². The molecule has 1 atom stereocenters. The van der Waals surface area contributed by atoms with Crippen molar-refractivity contribution >= 4 is 26.6 Å². The summed E-state index contributed by atoms with van der Waals surface area (Å²) in [6.07, 6.45) is -7.85. The normalized spacial score (nSPS) is 17.4. The number of nitrogens with zero attached hydrogens (tertiary/aromatic N) is 3. The number of sulfone groups is 1. The molecule has 16 heteroatoms. The van der Waals surface area contributed by atoms with Gasteiger partial charge >= 0.3 is 12.4 Å². The van der Waals surface area contributed by atoms with Crippen molar-refractivity contribution in [2.75, 3.05) is 45.6 Å². The Morgan fingerprint density at radius 2 is 1.62 bits per heavy atom. The van der Waals surface area contributed by atoms with E-state index in [1.165, 1.54) is 48.5 Å². The molecule has 9 nitrogen and oxygen atoms in total. The molecule has 4 aromatic rings. The third-order valence-corrected chi connectivity index (χ3v) is 11.0. The second-order valence-corrected chi connectivity index (χ2v) is 16.1. The van der Waals surface area contributed by atoms with Gasteiger partial charge in [0.1, 0.15) is 10.6 Å². The maximum Gasteiger partial charge on any atom is 0.416 e. The van der Waals surface area contributed by atoms with Gasteiger partial charge in [-0.25, -0.2) is 13.4 Å². The van der Waals surface area contributed by atoms with Crippen LogP contribution in [0.5, 0.6) is 5.75 Å². The Hall–Kier alpha value is -4.25. The van der Waals surface area contributed by atoms with Crippen LogP contribution < -0.4 is 10.1 Å². The lowest BCUT2D eigenvalue weighted by atomic mass is 9.93. The minimum absolute atomic E-state index is 0.0297. The van der Waals surface area contributed by atoms with Crippen LogP contribution in [-0.4, -0.2) is 93.1 Å². The zero-order chi connectivity index (χ0) is 39.7. The third kappa shape index (κ3) is 9.42. The Morgan fingerprint density at radius 1 is 0.945 bits per heavy atom. The topological polar surface area (TPSA) is 101 Å². The number of aromatic nitrogens is 1. The molecule has 1 unspecified atom stereocenters. The number of likely N-dealkylation sites (tertiary alicyclic amines) is 1. The predicted molar refractivity (Wildman–Crippen MR) is 194 cm³/mol. The number of fused-ring (bicyclic) bond motifs is 1. The summed E-state index contributed by atoms with van der Waals surface area (Å²) >= 11 is 0. The Kier molecular flexibility index (Phi) is 11.8. The van der Waals surface area contributed by atoms with Crippen LogP contribution in [0.3, 0.4) is 0 Å². The number of hydrogen-bond acceptors (Lipinski definition) is 8. The van der Waals surface area contributed by atoms with Crippen LogP contribution in [0.15, 0.2) is 71.6 Å². The maximum atomic E-state index is 14.7. The summed E-state index contributed by atoms with van der Waals surface area (Å²) in [6, 6.07) is 11.3. The average molecular weight is 793 g/mol. The smallest absolute Gasteiger partial charge is 0.416 e. The fourth-order valence-electron chi connectivity index (χ4n) is 7.25. The monoisotopic (exact) mass is 792 g/mol. The molecular formula is C39H42F6N4O5S. The molecule has 3 aromatic carbocycles. The average Bonchev–Trinajstić information content (AvgIpc) is 3.13. The standard InChI is InChI=1S/C39H42F6N4O5S/c1-24(2)54-32-22-31-29(21-33(32)55(3,51)52)34(37(50)47-36(39(43,44)45)25-8-5-4-6-9-25)30(35(46-31)26-10-7-11-27(20-26)38(40,41)42)23-48-14-12-28(13-15-48)49-16-18-53-19-17-49/h4-11,20-22,24,28,36H,12-19,23H2,1-3H3,(H,47,50). The molecule has 3 heterocycles. The Labute approximate surface area is 315 Å². The van der Waals surface area contributed by atoms with Gasteiger partial charge in [-0.3, -0.25) is 14.6 Å². The van der Waals surface area contributed by atoms with Gasteiger partial charge in [0.2, 0.25) is 0 Å². The van der Waals surface area contributed by atoms with E-state index in [0.717, 1.165) is 50.4 Å². The van der Waals surface area contributed by atoms with E-state index in [-0.39, 0.29) is 62.1 Å². The molecule has 2 aliphatic rings. The first kappa shape index (κ1) is 40.4. The first-order valence-electron chi connectivity index (χ1n) is 17.9. The lowest BCUT2D eigenvalue weighted by molar-refractivity contribution is -0.155. The highest BCUT2D eigenvalue weighted by Gasteiger charge is 2.43. The first-order valence-corrected chi connectivity index (χ1v) is 19.8. The number of carbonyl (C=O) groups is 1. The highest BCUT2D eigenvalue weighted by molar-refractivity contribution is 7.90. The third-order valence-electron chi connectivity index (χ3n) is 9.84. The van der Waals surface area contributed by atoms with Crippen molar-refractivity contribution in [3.05, 3.63) is 89.0 Å². The minimum atomic E-state index is -4.96.